The van der Waals surface area contributed by atoms with Crippen molar-refractivity contribution < 1.29 is 39.4 Å². The molecule has 8 heteroatoms. The van der Waals surface area contributed by atoms with Crippen LogP contribution in [0.25, 0.3) is 0 Å². The molecule has 9 atom stereocenters. The topological polar surface area (TPSA) is 126 Å². The first-order valence-corrected chi connectivity index (χ1v) is 18.7. The molecule has 0 radical (unpaired) electrons. The van der Waals surface area contributed by atoms with E-state index in [1.54, 1.807) is 0 Å². The number of carbonyl (C=O) groups is 1. The minimum Gasteiger partial charge on any atom is -0.455 e. The smallest absolute Gasteiger partial charge is 0.334 e. The molecule has 1 unspecified atom stereocenters. The summed E-state index contributed by atoms with van der Waals surface area (Å²) in [5, 5.41) is 41.6. The van der Waals surface area contributed by atoms with Crippen LogP contribution >= 0.6 is 0 Å². The second-order valence-corrected chi connectivity index (χ2v) is 14.2. The summed E-state index contributed by atoms with van der Waals surface area (Å²) in [6, 6.07) is 0. The summed E-state index contributed by atoms with van der Waals surface area (Å²) >= 11 is 0. The summed E-state index contributed by atoms with van der Waals surface area (Å²) in [6.45, 7) is 3.98. The van der Waals surface area contributed by atoms with Crippen molar-refractivity contribution in [1.29, 1.82) is 0 Å². The molecule has 8 nitrogen and oxygen atoms in total. The van der Waals surface area contributed by atoms with Crippen LogP contribution in [0, 0.1) is 0 Å². The summed E-state index contributed by atoms with van der Waals surface area (Å²) in [6.07, 6.45) is 22.1. The summed E-state index contributed by atoms with van der Waals surface area (Å²) in [7, 11) is 0. The van der Waals surface area contributed by atoms with E-state index in [0.29, 0.717) is 12.0 Å². The Balaban J connectivity index is 1.14. The molecular formula is C37H66O8. The number of aliphatic hydroxyl groups is 4. The zero-order valence-electron chi connectivity index (χ0n) is 28.5. The highest BCUT2D eigenvalue weighted by Crippen LogP contribution is 2.34. The first-order valence-electron chi connectivity index (χ1n) is 18.7. The number of ether oxygens (including phenoxy) is 3. The maximum Gasteiger partial charge on any atom is 0.334 e. The summed E-state index contributed by atoms with van der Waals surface area (Å²) < 4.78 is 17.6. The van der Waals surface area contributed by atoms with E-state index < -0.39 is 18.3 Å². The minimum atomic E-state index is -0.470. The molecule has 0 saturated carbocycles. The lowest BCUT2D eigenvalue weighted by Gasteiger charge is -2.24. The summed E-state index contributed by atoms with van der Waals surface area (Å²) in [5.41, 5.74) is 0.611. The Morgan fingerprint density at radius 2 is 1.09 bits per heavy atom. The maximum absolute atomic E-state index is 11.7. The zero-order valence-corrected chi connectivity index (χ0v) is 28.5. The fraction of sp³-hybridized carbons (Fsp3) is 0.919. The van der Waals surface area contributed by atoms with Crippen LogP contribution in [0.1, 0.15) is 162 Å². The zero-order chi connectivity index (χ0) is 32.4. The molecule has 3 aliphatic heterocycles. The maximum atomic E-state index is 11.7. The number of cyclic esters (lactones) is 1. The molecule has 0 aromatic carbocycles. The van der Waals surface area contributed by atoms with Crippen LogP contribution in [-0.4, -0.2) is 81.3 Å². The van der Waals surface area contributed by atoms with Gasteiger partial charge in [0.1, 0.15) is 6.10 Å². The van der Waals surface area contributed by atoms with Crippen molar-refractivity contribution in [2.24, 2.45) is 0 Å². The van der Waals surface area contributed by atoms with Crippen molar-refractivity contribution in [2.45, 2.75) is 216 Å². The Labute approximate surface area is 273 Å². The molecule has 45 heavy (non-hydrogen) atoms. The lowest BCUT2D eigenvalue weighted by molar-refractivity contribution is -0.139. The average Bonchev–Trinajstić information content (AvgIpc) is 3.77. The Bertz CT molecular complexity index is 833. The number of hydrogen-bond acceptors (Lipinski definition) is 8. The normalized spacial score (nSPS) is 27.8. The molecule has 0 aliphatic carbocycles. The molecule has 0 aromatic rings. The van der Waals surface area contributed by atoms with E-state index in [-0.39, 0.29) is 42.6 Å². The third-order valence-electron chi connectivity index (χ3n) is 10.1. The van der Waals surface area contributed by atoms with Crippen molar-refractivity contribution in [3.05, 3.63) is 11.6 Å². The van der Waals surface area contributed by atoms with Crippen molar-refractivity contribution in [3.8, 4) is 0 Å². The lowest BCUT2D eigenvalue weighted by atomic mass is 10.00. The van der Waals surface area contributed by atoms with E-state index in [1.165, 1.54) is 25.7 Å². The van der Waals surface area contributed by atoms with Gasteiger partial charge in [-0.25, -0.2) is 4.79 Å². The van der Waals surface area contributed by atoms with Gasteiger partial charge in [0, 0.05) is 12.0 Å². The number of unbranched alkanes of at least 4 members (excludes halogenated alkanes) is 10. The van der Waals surface area contributed by atoms with Crippen LogP contribution in [0.4, 0.5) is 0 Å². The Kier molecular flexibility index (Phi) is 18.6. The highest BCUT2D eigenvalue weighted by atomic mass is 16.6. The third-order valence-corrected chi connectivity index (χ3v) is 10.1. The Morgan fingerprint density at radius 3 is 1.58 bits per heavy atom. The molecule has 3 aliphatic rings. The molecule has 2 fully saturated rings. The van der Waals surface area contributed by atoms with E-state index >= 15 is 0 Å². The van der Waals surface area contributed by atoms with Crippen molar-refractivity contribution in [1.82, 2.24) is 0 Å². The SMILES string of the molecule is CCCCC(O)CCCCC[C@H](O)[C@H]1CC[C@H]([C@H]2CC[C@H]([C@H](O)CCCCCCCCCC[C@@H](O)CC3=C[C@H](C)OC3=O)O2)O1. The predicted molar refractivity (Wildman–Crippen MR) is 177 cm³/mol. The van der Waals surface area contributed by atoms with Crippen molar-refractivity contribution in [3.63, 3.8) is 0 Å². The summed E-state index contributed by atoms with van der Waals surface area (Å²) in [4.78, 5) is 11.7. The van der Waals surface area contributed by atoms with E-state index in [2.05, 4.69) is 6.92 Å². The van der Waals surface area contributed by atoms with Crippen LogP contribution < -0.4 is 0 Å². The molecule has 3 rings (SSSR count). The Hall–Kier alpha value is -1.03. The van der Waals surface area contributed by atoms with E-state index in [4.69, 9.17) is 14.2 Å². The highest BCUT2D eigenvalue weighted by Gasteiger charge is 2.40. The van der Waals surface area contributed by atoms with Crippen molar-refractivity contribution in [2.75, 3.05) is 0 Å². The van der Waals surface area contributed by atoms with Gasteiger partial charge < -0.3 is 34.6 Å². The number of hydrogen-bond donors (Lipinski definition) is 4. The highest BCUT2D eigenvalue weighted by molar-refractivity contribution is 5.90. The molecule has 0 aromatic heterocycles. The largest absolute Gasteiger partial charge is 0.455 e. The van der Waals surface area contributed by atoms with Crippen LogP contribution in [0.3, 0.4) is 0 Å². The average molecular weight is 639 g/mol. The van der Waals surface area contributed by atoms with E-state index in [9.17, 15) is 25.2 Å². The quantitative estimate of drug-likeness (QED) is 0.0634. The van der Waals surface area contributed by atoms with Gasteiger partial charge in [0.05, 0.1) is 48.8 Å². The lowest BCUT2D eigenvalue weighted by Crippen LogP contribution is -2.33. The molecule has 4 N–H and O–H groups in total. The van der Waals surface area contributed by atoms with Gasteiger partial charge in [-0.05, 0) is 70.8 Å². The van der Waals surface area contributed by atoms with Crippen molar-refractivity contribution >= 4 is 5.97 Å². The van der Waals surface area contributed by atoms with Gasteiger partial charge in [-0.2, -0.15) is 0 Å². The molecule has 3 heterocycles. The van der Waals surface area contributed by atoms with Crippen LogP contribution in [0.2, 0.25) is 0 Å². The standard InChI is InChI=1S/C37H66O8/c1-3-4-16-29(38)17-13-11-15-20-32(41)34-22-24-36(45-34)35-23-21-33(44-35)31(40)19-14-10-8-6-5-7-9-12-18-30(39)26-28-25-27(2)43-37(28)42/h25,27,29-36,38-41H,3-24,26H2,1-2H3/t27-,29?,30+,31+,32-,33+,34+,35+,36+/m0/s1. The molecule has 0 spiro atoms. The van der Waals surface area contributed by atoms with Gasteiger partial charge in [0.25, 0.3) is 0 Å². The molecule has 0 amide bonds. The number of rotatable bonds is 25. The minimum absolute atomic E-state index is 0.0196. The molecule has 2 saturated heterocycles. The predicted octanol–water partition coefficient (Wildman–Crippen LogP) is 6.83. The van der Waals surface area contributed by atoms with Gasteiger partial charge >= 0.3 is 5.97 Å². The first kappa shape index (κ1) is 38.4. The van der Waals surface area contributed by atoms with Crippen LogP contribution in [0.15, 0.2) is 11.6 Å². The molecule has 262 valence electrons. The Morgan fingerprint density at radius 1 is 0.644 bits per heavy atom. The van der Waals surface area contributed by atoms with Gasteiger partial charge in [-0.1, -0.05) is 90.4 Å². The first-order chi connectivity index (χ1) is 21.8. The summed E-state index contributed by atoms with van der Waals surface area (Å²) in [5.74, 6) is -0.286. The molecular weight excluding hydrogens is 572 g/mol. The second-order valence-electron chi connectivity index (χ2n) is 14.2. The van der Waals surface area contributed by atoms with Gasteiger partial charge in [-0.3, -0.25) is 0 Å². The number of esters is 1. The van der Waals surface area contributed by atoms with Gasteiger partial charge in [-0.15, -0.1) is 0 Å². The number of carbonyl (C=O) groups excluding carboxylic acids is 1. The van der Waals surface area contributed by atoms with Gasteiger partial charge in [0.2, 0.25) is 0 Å². The monoisotopic (exact) mass is 638 g/mol. The fourth-order valence-corrected chi connectivity index (χ4v) is 7.29. The van der Waals surface area contributed by atoms with Gasteiger partial charge in [0.15, 0.2) is 0 Å². The van der Waals surface area contributed by atoms with Crippen LogP contribution in [0.5, 0.6) is 0 Å². The third kappa shape index (κ3) is 14.7. The molecule has 0 bridgehead atoms. The van der Waals surface area contributed by atoms with E-state index in [1.807, 2.05) is 13.0 Å². The van der Waals surface area contributed by atoms with E-state index in [0.717, 1.165) is 116 Å². The second kappa shape index (κ2) is 21.8. The number of aliphatic hydroxyl groups excluding tert-OH is 4. The van der Waals surface area contributed by atoms with Crippen LogP contribution in [-0.2, 0) is 19.0 Å². The fourth-order valence-electron chi connectivity index (χ4n) is 7.29.